The van der Waals surface area contributed by atoms with E-state index in [2.05, 4.69) is 36.9 Å². The summed E-state index contributed by atoms with van der Waals surface area (Å²) in [7, 11) is 0. The molecule has 0 aromatic carbocycles. The van der Waals surface area contributed by atoms with Crippen LogP contribution in [0.5, 0.6) is 0 Å². The Kier molecular flexibility index (Phi) is 5.65. The number of allylic oxidation sites excluding steroid dienone is 1. The zero-order valence-corrected chi connectivity index (χ0v) is 19.5. The van der Waals surface area contributed by atoms with Crippen LogP contribution in [0, 0.1) is 6.92 Å². The summed E-state index contributed by atoms with van der Waals surface area (Å²) >= 11 is 1.30. The highest BCUT2D eigenvalue weighted by Crippen LogP contribution is 2.39. The second kappa shape index (κ2) is 8.49. The molecule has 0 amide bonds. The van der Waals surface area contributed by atoms with E-state index in [1.807, 2.05) is 25.1 Å². The number of alkyl halides is 2. The topological polar surface area (TPSA) is 88.5 Å². The minimum absolute atomic E-state index is 0.159. The zero-order chi connectivity index (χ0) is 23.2. The molecule has 0 bridgehead atoms. The Hall–Kier alpha value is -2.85. The molecule has 0 radical (unpaired) electrons. The Bertz CT molecular complexity index is 1210. The van der Waals surface area contributed by atoms with Gasteiger partial charge in [0.05, 0.1) is 17.0 Å². The van der Waals surface area contributed by atoms with E-state index in [1.165, 1.54) is 17.7 Å². The van der Waals surface area contributed by atoms with Crippen LogP contribution in [0.1, 0.15) is 55.0 Å². The van der Waals surface area contributed by atoms with Crippen molar-refractivity contribution in [2.75, 3.05) is 11.9 Å². The largest absolute Gasteiger partial charge is 0.350 e. The first-order valence-electron chi connectivity index (χ1n) is 11.0. The number of pyridine rings is 1. The molecule has 0 spiro atoms. The van der Waals surface area contributed by atoms with Gasteiger partial charge in [-0.25, -0.2) is 28.7 Å². The standard InChI is InChI=1S/C23H25F2N7S/c1-12-4-5-14(10-26-12)29-22-27-11-17(23(3,24)25)20(31-22)16-7-8-18-15(16)6-9-19(30-18)21-28-13(2)32-33-21/h6-7,9,11-12,14,26H,4-5,8,10H2,1-3H3,(H,27,29,31)/t12-,14-/m0/s1. The van der Waals surface area contributed by atoms with Gasteiger partial charge in [-0.1, -0.05) is 12.1 Å². The number of anilines is 1. The Labute approximate surface area is 195 Å². The summed E-state index contributed by atoms with van der Waals surface area (Å²) in [6.07, 6.45) is 5.71. The second-order valence-corrected chi connectivity index (χ2v) is 9.48. The Balaban J connectivity index is 1.48. The number of aromatic nitrogens is 5. The van der Waals surface area contributed by atoms with Crippen molar-refractivity contribution in [1.29, 1.82) is 0 Å². The molecule has 3 aromatic rings. The summed E-state index contributed by atoms with van der Waals surface area (Å²) in [6, 6.07) is 4.40. The third-order valence-corrected chi connectivity index (χ3v) is 6.85. The van der Waals surface area contributed by atoms with Crippen LogP contribution < -0.4 is 10.6 Å². The monoisotopic (exact) mass is 469 g/mol. The molecule has 2 atom stereocenters. The molecule has 7 nitrogen and oxygen atoms in total. The summed E-state index contributed by atoms with van der Waals surface area (Å²) in [5.74, 6) is -2.01. The van der Waals surface area contributed by atoms with Gasteiger partial charge in [0.1, 0.15) is 11.5 Å². The van der Waals surface area contributed by atoms with Crippen LogP contribution in [0.15, 0.2) is 24.4 Å². The smallest absolute Gasteiger partial charge is 0.274 e. The quantitative estimate of drug-likeness (QED) is 0.574. The highest BCUT2D eigenvalue weighted by molar-refractivity contribution is 7.09. The molecule has 1 saturated heterocycles. The highest BCUT2D eigenvalue weighted by Gasteiger charge is 2.33. The lowest BCUT2D eigenvalue weighted by molar-refractivity contribution is 0.0165. The van der Waals surface area contributed by atoms with Gasteiger partial charge in [-0.3, -0.25) is 0 Å². The maximum absolute atomic E-state index is 14.5. The second-order valence-electron chi connectivity index (χ2n) is 8.73. The van der Waals surface area contributed by atoms with E-state index in [4.69, 9.17) is 4.98 Å². The maximum atomic E-state index is 14.5. The molecule has 1 fully saturated rings. The number of nitrogens with zero attached hydrogens (tertiary/aromatic N) is 5. The van der Waals surface area contributed by atoms with Crippen LogP contribution in [0.4, 0.5) is 14.7 Å². The van der Waals surface area contributed by atoms with Gasteiger partial charge >= 0.3 is 0 Å². The van der Waals surface area contributed by atoms with E-state index in [1.54, 1.807) is 0 Å². The molecule has 1 aliphatic carbocycles. The average Bonchev–Trinajstić information content (AvgIpc) is 3.40. The van der Waals surface area contributed by atoms with E-state index in [-0.39, 0.29) is 17.3 Å². The van der Waals surface area contributed by atoms with Crippen LogP contribution in [0.3, 0.4) is 0 Å². The first-order chi connectivity index (χ1) is 15.8. The molecular formula is C23H25F2N7S. The van der Waals surface area contributed by atoms with Gasteiger partial charge < -0.3 is 10.6 Å². The Morgan fingerprint density at radius 3 is 2.73 bits per heavy atom. The van der Waals surface area contributed by atoms with Crippen LogP contribution in [0.2, 0.25) is 0 Å². The number of hydrogen-bond donors (Lipinski definition) is 2. The molecular weight excluding hydrogens is 444 g/mol. The summed E-state index contributed by atoms with van der Waals surface area (Å²) in [4.78, 5) is 17.9. The van der Waals surface area contributed by atoms with Gasteiger partial charge in [0.15, 0.2) is 5.01 Å². The maximum Gasteiger partial charge on any atom is 0.274 e. The molecule has 172 valence electrons. The van der Waals surface area contributed by atoms with Gasteiger partial charge in [-0.15, -0.1) is 0 Å². The molecule has 5 rings (SSSR count). The van der Waals surface area contributed by atoms with Crippen molar-refractivity contribution in [1.82, 2.24) is 29.6 Å². The fourth-order valence-corrected chi connectivity index (χ4v) is 4.88. The van der Waals surface area contributed by atoms with Crippen molar-refractivity contribution < 1.29 is 8.78 Å². The molecule has 2 aliphatic rings. The van der Waals surface area contributed by atoms with Crippen LogP contribution in [0.25, 0.3) is 16.3 Å². The molecule has 33 heavy (non-hydrogen) atoms. The molecule has 3 aromatic heterocycles. The number of halogens is 2. The van der Waals surface area contributed by atoms with Gasteiger partial charge in [0, 0.05) is 49.3 Å². The number of fused-ring (bicyclic) bond motifs is 1. The summed E-state index contributed by atoms with van der Waals surface area (Å²) in [5.41, 5.74) is 3.08. The van der Waals surface area contributed by atoms with Gasteiger partial charge in [0.25, 0.3) is 5.92 Å². The number of aryl methyl sites for hydroxylation is 1. The molecule has 10 heteroatoms. The lowest BCUT2D eigenvalue weighted by Crippen LogP contribution is -2.43. The fourth-order valence-electron chi connectivity index (χ4n) is 4.24. The number of piperidine rings is 1. The Morgan fingerprint density at radius 2 is 2.03 bits per heavy atom. The summed E-state index contributed by atoms with van der Waals surface area (Å²) in [6.45, 7) is 5.65. The van der Waals surface area contributed by atoms with Crippen LogP contribution in [-0.4, -0.2) is 42.9 Å². The summed E-state index contributed by atoms with van der Waals surface area (Å²) < 4.78 is 33.2. The van der Waals surface area contributed by atoms with E-state index in [0.717, 1.165) is 48.3 Å². The van der Waals surface area contributed by atoms with Crippen molar-refractivity contribution in [3.8, 4) is 10.7 Å². The number of rotatable bonds is 5. The highest BCUT2D eigenvalue weighted by atomic mass is 32.1. The van der Waals surface area contributed by atoms with Gasteiger partial charge in [-0.2, -0.15) is 4.37 Å². The minimum Gasteiger partial charge on any atom is -0.350 e. The third kappa shape index (κ3) is 4.49. The minimum atomic E-state index is -3.07. The molecule has 4 heterocycles. The Morgan fingerprint density at radius 1 is 1.18 bits per heavy atom. The van der Waals surface area contributed by atoms with Crippen molar-refractivity contribution in [3.05, 3.63) is 52.7 Å². The lowest BCUT2D eigenvalue weighted by atomic mass is 9.99. The number of hydrogen-bond acceptors (Lipinski definition) is 8. The van der Waals surface area contributed by atoms with Crippen LogP contribution >= 0.6 is 11.5 Å². The first kappa shape index (κ1) is 22.0. The van der Waals surface area contributed by atoms with Gasteiger partial charge in [-0.05, 0) is 44.3 Å². The molecule has 0 unspecified atom stereocenters. The van der Waals surface area contributed by atoms with E-state index >= 15 is 0 Å². The number of nitrogens with one attached hydrogen (secondary N) is 2. The normalized spacial score (nSPS) is 20.5. The summed E-state index contributed by atoms with van der Waals surface area (Å²) in [5, 5.41) is 7.48. The molecule has 1 aliphatic heterocycles. The lowest BCUT2D eigenvalue weighted by Gasteiger charge is -2.28. The fraction of sp³-hybridized carbons (Fsp3) is 0.435. The zero-order valence-electron chi connectivity index (χ0n) is 18.7. The molecule has 2 N–H and O–H groups in total. The van der Waals surface area contributed by atoms with E-state index in [0.29, 0.717) is 29.8 Å². The van der Waals surface area contributed by atoms with Gasteiger partial charge in [0.2, 0.25) is 5.95 Å². The van der Waals surface area contributed by atoms with Crippen molar-refractivity contribution >= 4 is 23.1 Å². The predicted octanol–water partition coefficient (Wildman–Crippen LogP) is 4.35. The SMILES string of the molecule is Cc1nsc(-c2ccc3c(n2)CC=C3c2nc(N[C@H]3CC[C@H](C)NC3)ncc2C(C)(F)F)n1. The van der Waals surface area contributed by atoms with Crippen molar-refractivity contribution in [2.45, 2.75) is 58.0 Å². The third-order valence-electron chi connectivity index (χ3n) is 6.02. The van der Waals surface area contributed by atoms with E-state index in [9.17, 15) is 8.78 Å². The van der Waals surface area contributed by atoms with Crippen molar-refractivity contribution in [2.24, 2.45) is 0 Å². The average molecular weight is 470 g/mol. The van der Waals surface area contributed by atoms with E-state index < -0.39 is 5.92 Å². The first-order valence-corrected chi connectivity index (χ1v) is 11.8. The molecule has 0 saturated carbocycles. The van der Waals surface area contributed by atoms with Crippen LogP contribution in [-0.2, 0) is 12.3 Å². The predicted molar refractivity (Wildman–Crippen MR) is 124 cm³/mol. The van der Waals surface area contributed by atoms with Crippen molar-refractivity contribution in [3.63, 3.8) is 0 Å².